The highest BCUT2D eigenvalue weighted by Crippen LogP contribution is 2.32. The van der Waals surface area contributed by atoms with E-state index in [4.69, 9.17) is 5.73 Å². The Labute approximate surface area is 102 Å². The van der Waals surface area contributed by atoms with Gasteiger partial charge in [-0.15, -0.1) is 11.8 Å². The van der Waals surface area contributed by atoms with Crippen molar-refractivity contribution in [3.63, 3.8) is 0 Å². The molecular formula is C10H14F3N3S. The van der Waals surface area contributed by atoms with Crippen molar-refractivity contribution >= 4 is 17.4 Å². The number of pyridine rings is 1. The van der Waals surface area contributed by atoms with Gasteiger partial charge >= 0.3 is 6.18 Å². The van der Waals surface area contributed by atoms with Crippen LogP contribution in [0, 0.1) is 0 Å². The van der Waals surface area contributed by atoms with Gasteiger partial charge < -0.3 is 10.6 Å². The molecule has 0 atom stereocenters. The van der Waals surface area contributed by atoms with Crippen LogP contribution in [0.1, 0.15) is 5.69 Å². The molecule has 1 aromatic heterocycles. The number of thioether (sulfide) groups is 1. The van der Waals surface area contributed by atoms with Crippen LogP contribution in [0.5, 0.6) is 0 Å². The molecule has 0 aromatic carbocycles. The van der Waals surface area contributed by atoms with Crippen LogP contribution in [0.3, 0.4) is 0 Å². The topological polar surface area (TPSA) is 42.2 Å². The molecule has 0 spiro atoms. The smallest absolute Gasteiger partial charge is 0.397 e. The normalized spacial score (nSPS) is 12.1. The number of nitrogen functional groups attached to an aromatic ring is 1. The second kappa shape index (κ2) is 5.59. The fourth-order valence-electron chi connectivity index (χ4n) is 1.07. The quantitative estimate of drug-likeness (QED) is 0.848. The van der Waals surface area contributed by atoms with Gasteiger partial charge in [-0.05, 0) is 20.2 Å². The van der Waals surface area contributed by atoms with Gasteiger partial charge in [0.25, 0.3) is 0 Å². The molecule has 1 aromatic rings. The first-order valence-electron chi connectivity index (χ1n) is 4.91. The van der Waals surface area contributed by atoms with E-state index >= 15 is 0 Å². The molecule has 0 bridgehead atoms. The maximum atomic E-state index is 12.4. The summed E-state index contributed by atoms with van der Waals surface area (Å²) in [7, 11) is 3.80. The zero-order valence-corrected chi connectivity index (χ0v) is 10.4. The molecule has 2 N–H and O–H groups in total. The van der Waals surface area contributed by atoms with Crippen LogP contribution < -0.4 is 5.73 Å². The fourth-order valence-corrected chi connectivity index (χ4v) is 2.16. The first-order chi connectivity index (χ1) is 7.80. The lowest BCUT2D eigenvalue weighted by atomic mass is 10.3. The van der Waals surface area contributed by atoms with Crippen molar-refractivity contribution in [1.82, 2.24) is 9.88 Å². The van der Waals surface area contributed by atoms with Crippen molar-refractivity contribution in [1.29, 1.82) is 0 Å². The Morgan fingerprint density at radius 3 is 2.59 bits per heavy atom. The van der Waals surface area contributed by atoms with Gasteiger partial charge in [-0.1, -0.05) is 0 Å². The number of alkyl halides is 3. The van der Waals surface area contributed by atoms with E-state index in [-0.39, 0.29) is 5.69 Å². The molecule has 0 unspecified atom stereocenters. The van der Waals surface area contributed by atoms with Gasteiger partial charge in [-0.2, -0.15) is 13.2 Å². The second-order valence-electron chi connectivity index (χ2n) is 3.76. The molecule has 0 saturated heterocycles. The minimum Gasteiger partial charge on any atom is -0.397 e. The molecule has 7 heteroatoms. The average Bonchev–Trinajstić information content (AvgIpc) is 2.18. The Morgan fingerprint density at radius 2 is 2.06 bits per heavy atom. The van der Waals surface area contributed by atoms with Crippen LogP contribution in [0.25, 0.3) is 0 Å². The van der Waals surface area contributed by atoms with Gasteiger partial charge in [-0.25, -0.2) is 4.98 Å². The summed E-state index contributed by atoms with van der Waals surface area (Å²) in [6.07, 6.45) is -3.37. The third-order valence-corrected chi connectivity index (χ3v) is 3.03. The van der Waals surface area contributed by atoms with Crippen molar-refractivity contribution in [2.45, 2.75) is 11.1 Å². The largest absolute Gasteiger partial charge is 0.433 e. The number of nitrogens with two attached hydrogens (primary N) is 1. The van der Waals surface area contributed by atoms with Crippen LogP contribution in [0.15, 0.2) is 17.2 Å². The van der Waals surface area contributed by atoms with E-state index in [1.165, 1.54) is 11.8 Å². The van der Waals surface area contributed by atoms with Crippen LogP contribution in [-0.2, 0) is 6.18 Å². The van der Waals surface area contributed by atoms with Crippen molar-refractivity contribution in [3.05, 3.63) is 18.0 Å². The van der Waals surface area contributed by atoms with Crippen LogP contribution in [0.4, 0.5) is 18.9 Å². The number of anilines is 1. The highest BCUT2D eigenvalue weighted by molar-refractivity contribution is 7.99. The summed E-state index contributed by atoms with van der Waals surface area (Å²) in [4.78, 5) is 5.66. The zero-order valence-electron chi connectivity index (χ0n) is 9.58. The zero-order chi connectivity index (χ0) is 13.1. The lowest BCUT2D eigenvalue weighted by Gasteiger charge is -2.11. The Hall–Kier alpha value is -0.950. The molecule has 0 aliphatic rings. The predicted octanol–water partition coefficient (Wildman–Crippen LogP) is 2.34. The van der Waals surface area contributed by atoms with Crippen LogP contribution >= 0.6 is 11.8 Å². The third kappa shape index (κ3) is 4.43. The number of nitrogens with zero attached hydrogens (tertiary/aromatic N) is 2. The Balaban J connectivity index is 2.77. The summed E-state index contributed by atoms with van der Waals surface area (Å²) in [5.74, 6) is 0.679. The molecular weight excluding hydrogens is 251 g/mol. The second-order valence-corrected chi connectivity index (χ2v) is 4.89. The van der Waals surface area contributed by atoms with E-state index in [9.17, 15) is 13.2 Å². The summed E-state index contributed by atoms with van der Waals surface area (Å²) < 4.78 is 37.3. The SMILES string of the molecule is CN(C)CCSc1cc(C(F)(F)F)ncc1N. The summed E-state index contributed by atoms with van der Waals surface area (Å²) in [5, 5.41) is 0. The van der Waals surface area contributed by atoms with Gasteiger partial charge in [0.05, 0.1) is 11.9 Å². The van der Waals surface area contributed by atoms with E-state index < -0.39 is 11.9 Å². The maximum absolute atomic E-state index is 12.4. The van der Waals surface area contributed by atoms with Gasteiger partial charge in [0, 0.05) is 17.2 Å². The number of hydrogen-bond acceptors (Lipinski definition) is 4. The van der Waals surface area contributed by atoms with Crippen molar-refractivity contribution < 1.29 is 13.2 Å². The molecule has 3 nitrogen and oxygen atoms in total. The Morgan fingerprint density at radius 1 is 1.41 bits per heavy atom. The lowest BCUT2D eigenvalue weighted by molar-refractivity contribution is -0.141. The highest BCUT2D eigenvalue weighted by Gasteiger charge is 2.32. The number of halogens is 3. The molecule has 1 rings (SSSR count). The van der Waals surface area contributed by atoms with Gasteiger partial charge in [0.2, 0.25) is 0 Å². The number of rotatable bonds is 4. The standard InChI is InChI=1S/C10H14F3N3S/c1-16(2)3-4-17-8-5-9(10(11,12)13)15-6-7(8)14/h5-6H,3-4,14H2,1-2H3. The Kier molecular flexibility index (Phi) is 4.64. The lowest BCUT2D eigenvalue weighted by Crippen LogP contribution is -2.15. The van der Waals surface area contributed by atoms with Crippen molar-refractivity contribution in [2.75, 3.05) is 32.1 Å². The fraction of sp³-hybridized carbons (Fsp3) is 0.500. The number of aromatic nitrogens is 1. The first kappa shape index (κ1) is 14.1. The van der Waals surface area contributed by atoms with E-state index in [1.54, 1.807) is 0 Å². The molecule has 0 saturated carbocycles. The van der Waals surface area contributed by atoms with E-state index in [1.807, 2.05) is 19.0 Å². The van der Waals surface area contributed by atoms with Crippen LogP contribution in [-0.4, -0.2) is 36.3 Å². The first-order valence-corrected chi connectivity index (χ1v) is 5.89. The van der Waals surface area contributed by atoms with Crippen molar-refractivity contribution in [2.24, 2.45) is 0 Å². The highest BCUT2D eigenvalue weighted by atomic mass is 32.2. The summed E-state index contributed by atoms with van der Waals surface area (Å²) in [5.41, 5.74) is 4.96. The van der Waals surface area contributed by atoms with Gasteiger partial charge in [-0.3, -0.25) is 0 Å². The molecule has 0 aliphatic carbocycles. The predicted molar refractivity (Wildman–Crippen MR) is 62.9 cm³/mol. The van der Waals surface area contributed by atoms with Gasteiger partial charge in [0.15, 0.2) is 0 Å². The average molecular weight is 265 g/mol. The van der Waals surface area contributed by atoms with E-state index in [0.717, 1.165) is 18.8 Å². The monoisotopic (exact) mass is 265 g/mol. The minimum atomic E-state index is -4.43. The van der Waals surface area contributed by atoms with E-state index in [0.29, 0.717) is 10.6 Å². The molecule has 0 aliphatic heterocycles. The molecule has 0 amide bonds. The molecule has 0 fully saturated rings. The third-order valence-electron chi connectivity index (χ3n) is 1.98. The van der Waals surface area contributed by atoms with Crippen molar-refractivity contribution in [3.8, 4) is 0 Å². The summed E-state index contributed by atoms with van der Waals surface area (Å²) >= 11 is 1.30. The Bertz CT molecular complexity index is 380. The number of hydrogen-bond donors (Lipinski definition) is 1. The molecule has 0 radical (unpaired) electrons. The summed E-state index contributed by atoms with van der Waals surface area (Å²) in [6, 6.07) is 0.996. The van der Waals surface area contributed by atoms with Gasteiger partial charge in [0.1, 0.15) is 5.69 Å². The van der Waals surface area contributed by atoms with E-state index in [2.05, 4.69) is 4.98 Å². The summed E-state index contributed by atoms with van der Waals surface area (Å²) in [6.45, 7) is 0.772. The maximum Gasteiger partial charge on any atom is 0.433 e. The molecule has 1 heterocycles. The molecule has 17 heavy (non-hydrogen) atoms. The molecule has 96 valence electrons. The van der Waals surface area contributed by atoms with Crippen LogP contribution in [0.2, 0.25) is 0 Å². The minimum absolute atomic E-state index is 0.279.